The van der Waals surface area contributed by atoms with Crippen LogP contribution in [-0.2, 0) is 11.3 Å². The first-order chi connectivity index (χ1) is 13.9. The second kappa shape index (κ2) is 8.68. The highest BCUT2D eigenvalue weighted by Crippen LogP contribution is 2.36. The molecule has 2 aromatic rings. The molecule has 2 aliphatic rings. The van der Waals surface area contributed by atoms with E-state index < -0.39 is 0 Å². The molecule has 1 saturated heterocycles. The van der Waals surface area contributed by atoms with Crippen molar-refractivity contribution in [2.24, 2.45) is 5.92 Å². The fraction of sp³-hybridized carbons (Fsp3) is 0.350. The van der Waals surface area contributed by atoms with Gasteiger partial charge in [0.1, 0.15) is 4.32 Å². The summed E-state index contributed by atoms with van der Waals surface area (Å²) in [6.45, 7) is 2.31. The van der Waals surface area contributed by atoms with Crippen LogP contribution in [0.4, 0.5) is 5.69 Å². The quantitative estimate of drug-likeness (QED) is 0.684. The van der Waals surface area contributed by atoms with Crippen LogP contribution in [0, 0.1) is 5.92 Å². The maximum atomic E-state index is 12.3. The van der Waals surface area contributed by atoms with Crippen molar-refractivity contribution in [1.29, 1.82) is 0 Å². The van der Waals surface area contributed by atoms with Crippen molar-refractivity contribution in [1.82, 2.24) is 9.47 Å². The molecule has 2 aliphatic heterocycles. The van der Waals surface area contributed by atoms with Crippen LogP contribution in [0.25, 0.3) is 0 Å². The van der Waals surface area contributed by atoms with Gasteiger partial charge in [-0.05, 0) is 36.6 Å². The maximum absolute atomic E-state index is 12.3. The van der Waals surface area contributed by atoms with Gasteiger partial charge in [0, 0.05) is 42.3 Å². The fourth-order valence-electron chi connectivity index (χ4n) is 4.04. The standard InChI is InChI=1S/C20H19Cl2N3O2S2/c21-14-4-5-15(22)16(7-14)23-18(26)11-29-20(28)24-8-12-6-13(10-24)17-2-1-3-19(27)25(17)9-12/h1-5,7,12-13H,6,8-11H2,(H,23,26). The zero-order valence-corrected chi connectivity index (χ0v) is 18.6. The molecule has 0 spiro atoms. The number of halogens is 2. The molecule has 3 heterocycles. The van der Waals surface area contributed by atoms with Gasteiger partial charge in [0.15, 0.2) is 0 Å². The maximum Gasteiger partial charge on any atom is 0.250 e. The minimum Gasteiger partial charge on any atom is -0.356 e. The third-order valence-corrected chi connectivity index (χ3v) is 7.36. The Labute approximate surface area is 188 Å². The fourth-order valence-corrected chi connectivity index (χ4v) is 5.36. The summed E-state index contributed by atoms with van der Waals surface area (Å²) in [5.41, 5.74) is 1.64. The Morgan fingerprint density at radius 3 is 2.86 bits per heavy atom. The van der Waals surface area contributed by atoms with E-state index in [9.17, 15) is 9.59 Å². The lowest BCUT2D eigenvalue weighted by molar-refractivity contribution is -0.113. The summed E-state index contributed by atoms with van der Waals surface area (Å²) < 4.78 is 2.60. The zero-order valence-electron chi connectivity index (χ0n) is 15.4. The number of rotatable bonds is 3. The molecule has 1 amide bonds. The van der Waals surface area contributed by atoms with Crippen molar-refractivity contribution in [3.05, 3.63) is 62.5 Å². The van der Waals surface area contributed by atoms with Crippen molar-refractivity contribution in [3.8, 4) is 0 Å². The van der Waals surface area contributed by atoms with E-state index >= 15 is 0 Å². The van der Waals surface area contributed by atoms with E-state index in [1.807, 2.05) is 16.7 Å². The molecule has 9 heteroatoms. The zero-order chi connectivity index (χ0) is 20.5. The second-order valence-electron chi connectivity index (χ2n) is 7.33. The predicted molar refractivity (Wildman–Crippen MR) is 123 cm³/mol. The van der Waals surface area contributed by atoms with Gasteiger partial charge in [-0.2, -0.15) is 0 Å². The number of carbonyl (C=O) groups excluding carboxylic acids is 1. The predicted octanol–water partition coefficient (Wildman–Crippen LogP) is 4.23. The summed E-state index contributed by atoms with van der Waals surface area (Å²) in [5, 5.41) is 3.72. The number of amides is 1. The normalized spacial score (nSPS) is 20.1. The van der Waals surface area contributed by atoms with Crippen molar-refractivity contribution in [3.63, 3.8) is 0 Å². The smallest absolute Gasteiger partial charge is 0.250 e. The second-order valence-corrected chi connectivity index (χ2v) is 9.78. The number of hydrogen-bond acceptors (Lipinski definition) is 4. The van der Waals surface area contributed by atoms with Crippen LogP contribution in [-0.4, -0.2) is 38.5 Å². The van der Waals surface area contributed by atoms with Gasteiger partial charge in [-0.3, -0.25) is 9.59 Å². The Morgan fingerprint density at radius 2 is 2.03 bits per heavy atom. The molecule has 1 N–H and O–H groups in total. The summed E-state index contributed by atoms with van der Waals surface area (Å²) in [6, 6.07) is 10.4. The summed E-state index contributed by atoms with van der Waals surface area (Å²) >= 11 is 19.0. The number of fused-ring (bicyclic) bond motifs is 4. The number of hydrogen-bond donors (Lipinski definition) is 1. The topological polar surface area (TPSA) is 54.3 Å². The van der Waals surface area contributed by atoms with E-state index in [1.54, 1.807) is 24.3 Å². The molecule has 0 radical (unpaired) electrons. The van der Waals surface area contributed by atoms with Gasteiger partial charge in [0.2, 0.25) is 5.91 Å². The number of aromatic nitrogens is 1. The molecule has 4 rings (SSSR count). The van der Waals surface area contributed by atoms with E-state index in [0.717, 1.165) is 31.7 Å². The largest absolute Gasteiger partial charge is 0.356 e. The lowest BCUT2D eigenvalue weighted by atomic mass is 9.83. The summed E-state index contributed by atoms with van der Waals surface area (Å²) in [6.07, 6.45) is 1.07. The molecule has 2 atom stereocenters. The molecule has 2 unspecified atom stereocenters. The van der Waals surface area contributed by atoms with Gasteiger partial charge < -0.3 is 14.8 Å². The Kier molecular flexibility index (Phi) is 6.20. The van der Waals surface area contributed by atoms with Gasteiger partial charge in [0.05, 0.1) is 16.5 Å². The number of carbonyl (C=O) groups is 1. The number of benzene rings is 1. The Morgan fingerprint density at radius 1 is 1.21 bits per heavy atom. The lowest BCUT2D eigenvalue weighted by Gasteiger charge is -2.43. The number of piperidine rings is 1. The van der Waals surface area contributed by atoms with Crippen LogP contribution < -0.4 is 10.9 Å². The van der Waals surface area contributed by atoms with Gasteiger partial charge in [0.25, 0.3) is 5.56 Å². The van der Waals surface area contributed by atoms with E-state index in [-0.39, 0.29) is 23.1 Å². The number of thioether (sulfide) groups is 1. The van der Waals surface area contributed by atoms with Gasteiger partial charge >= 0.3 is 0 Å². The van der Waals surface area contributed by atoms with Crippen molar-refractivity contribution < 1.29 is 4.79 Å². The monoisotopic (exact) mass is 467 g/mol. The van der Waals surface area contributed by atoms with E-state index in [1.165, 1.54) is 11.8 Å². The van der Waals surface area contributed by atoms with Crippen LogP contribution in [0.3, 0.4) is 0 Å². The first-order valence-electron chi connectivity index (χ1n) is 9.27. The molecule has 29 heavy (non-hydrogen) atoms. The molecule has 5 nitrogen and oxygen atoms in total. The number of likely N-dealkylation sites (tertiary alicyclic amines) is 1. The third kappa shape index (κ3) is 4.63. The van der Waals surface area contributed by atoms with Gasteiger partial charge in [-0.1, -0.05) is 53.2 Å². The molecule has 0 aliphatic carbocycles. The Hall–Kier alpha value is -1.54. The number of thiocarbonyl (C=S) groups is 1. The average molecular weight is 468 g/mol. The first-order valence-corrected chi connectivity index (χ1v) is 11.4. The summed E-state index contributed by atoms with van der Waals surface area (Å²) in [4.78, 5) is 26.6. The highest BCUT2D eigenvalue weighted by molar-refractivity contribution is 8.23. The Bertz CT molecular complexity index is 1030. The van der Waals surface area contributed by atoms with Crippen molar-refractivity contribution >= 4 is 63.1 Å². The Balaban J connectivity index is 1.36. The van der Waals surface area contributed by atoms with Crippen molar-refractivity contribution in [2.45, 2.75) is 18.9 Å². The summed E-state index contributed by atoms with van der Waals surface area (Å²) in [5.74, 6) is 0.687. The number of anilines is 1. The van der Waals surface area contributed by atoms with Gasteiger partial charge in [-0.15, -0.1) is 0 Å². The minimum atomic E-state index is -0.185. The van der Waals surface area contributed by atoms with Crippen LogP contribution >= 0.6 is 47.2 Å². The molecule has 1 fully saturated rings. The van der Waals surface area contributed by atoms with Gasteiger partial charge in [-0.25, -0.2) is 0 Å². The molecule has 0 saturated carbocycles. The molecule has 1 aromatic carbocycles. The third-order valence-electron chi connectivity index (χ3n) is 5.27. The van der Waals surface area contributed by atoms with Crippen molar-refractivity contribution in [2.75, 3.05) is 24.2 Å². The molecule has 1 aromatic heterocycles. The first kappa shape index (κ1) is 20.7. The van der Waals surface area contributed by atoms with E-state index in [4.69, 9.17) is 35.4 Å². The minimum absolute atomic E-state index is 0.0685. The summed E-state index contributed by atoms with van der Waals surface area (Å²) in [7, 11) is 0. The lowest BCUT2D eigenvalue weighted by Crippen LogP contribution is -2.48. The number of nitrogens with one attached hydrogen (secondary N) is 1. The van der Waals surface area contributed by atoms with E-state index in [0.29, 0.717) is 26.0 Å². The average Bonchev–Trinajstić information content (AvgIpc) is 2.69. The van der Waals surface area contributed by atoms with Crippen LogP contribution in [0.1, 0.15) is 18.0 Å². The molecule has 2 bridgehead atoms. The van der Waals surface area contributed by atoms with E-state index in [2.05, 4.69) is 10.2 Å². The molecular weight excluding hydrogens is 449 g/mol. The van der Waals surface area contributed by atoms with Crippen LogP contribution in [0.2, 0.25) is 10.0 Å². The molecule has 152 valence electrons. The number of nitrogens with zero attached hydrogens (tertiary/aromatic N) is 2. The van der Waals surface area contributed by atoms with Crippen LogP contribution in [0.15, 0.2) is 41.2 Å². The number of pyridine rings is 1. The SMILES string of the molecule is O=C(CSC(=S)N1CC2CC(C1)c1cccc(=O)n1C2)Nc1cc(Cl)ccc1Cl. The highest BCUT2D eigenvalue weighted by Gasteiger charge is 2.35. The molecular formula is C20H19Cl2N3O2S2. The highest BCUT2D eigenvalue weighted by atomic mass is 35.5. The van der Waals surface area contributed by atoms with Crippen LogP contribution in [0.5, 0.6) is 0 Å².